The lowest BCUT2D eigenvalue weighted by Crippen LogP contribution is -2.37. The lowest BCUT2D eigenvalue weighted by atomic mass is 9.92. The maximum absolute atomic E-state index is 13.3. The second-order valence-corrected chi connectivity index (χ2v) is 7.25. The average molecular weight is 431 g/mol. The van der Waals surface area contributed by atoms with E-state index in [4.69, 9.17) is 19.5 Å². The van der Waals surface area contributed by atoms with Crippen LogP contribution in [0.1, 0.15) is 28.8 Å². The van der Waals surface area contributed by atoms with Gasteiger partial charge >= 0.3 is 0 Å². The Morgan fingerprint density at radius 1 is 0.906 bits per heavy atom. The van der Waals surface area contributed by atoms with Crippen LogP contribution in [0.2, 0.25) is 0 Å². The molecule has 0 aliphatic carbocycles. The Balaban J connectivity index is 1.80. The second-order valence-electron chi connectivity index (χ2n) is 7.25. The van der Waals surface area contributed by atoms with E-state index in [-0.39, 0.29) is 5.91 Å². The van der Waals surface area contributed by atoms with E-state index < -0.39 is 11.7 Å². The summed E-state index contributed by atoms with van der Waals surface area (Å²) < 4.78 is 24.1. The molecule has 0 aromatic heterocycles. The number of amides is 1. The van der Waals surface area contributed by atoms with Gasteiger partial charge in [0.05, 0.1) is 31.5 Å². The zero-order valence-corrected chi connectivity index (χ0v) is 17.9. The molecule has 3 aromatic rings. The lowest BCUT2D eigenvalue weighted by molar-refractivity contribution is 0.0976. The first-order valence-electron chi connectivity index (χ1n) is 10.0. The molecule has 0 bridgehead atoms. The number of aliphatic imine (C=N–C) groups is 2. The molecule has 6 nitrogen and oxygen atoms in total. The number of carbonyl (C=O) groups excluding carboxylic acids is 1. The predicted molar refractivity (Wildman–Crippen MR) is 122 cm³/mol. The normalized spacial score (nSPS) is 15.1. The molecule has 1 atom stereocenters. The largest absolute Gasteiger partial charge is 0.493 e. The number of rotatable bonds is 4. The number of carbonyl (C=O) groups is 1. The Kier molecular flexibility index (Phi) is 5.98. The molecule has 1 aliphatic rings. The number of benzene rings is 3. The number of para-hydroxylation sites is 2. The highest BCUT2D eigenvalue weighted by Crippen LogP contribution is 2.37. The number of methoxy groups -OCH3 is 2. The van der Waals surface area contributed by atoms with Gasteiger partial charge in [-0.15, -0.1) is 0 Å². The average Bonchev–Trinajstić information content (AvgIpc) is 2.94. The molecule has 1 amide bonds. The number of hydrogen-bond acceptors (Lipinski definition) is 5. The number of nitrogens with zero attached hydrogens (tertiary/aromatic N) is 2. The van der Waals surface area contributed by atoms with Crippen LogP contribution in [-0.2, 0) is 0 Å². The minimum atomic E-state index is -0.438. The molecule has 3 aromatic carbocycles. The van der Waals surface area contributed by atoms with Crippen LogP contribution < -0.4 is 14.8 Å². The molecular formula is C25H22FN3O3. The summed E-state index contributed by atoms with van der Waals surface area (Å²) in [5, 5.41) is 2.92. The zero-order valence-electron chi connectivity index (χ0n) is 17.9. The van der Waals surface area contributed by atoms with Crippen LogP contribution in [0.3, 0.4) is 0 Å². The van der Waals surface area contributed by atoms with Crippen LogP contribution >= 0.6 is 0 Å². The highest BCUT2D eigenvalue weighted by atomic mass is 19.1. The fraction of sp³-hybridized carbons (Fsp3) is 0.160. The van der Waals surface area contributed by atoms with Gasteiger partial charge in [0, 0.05) is 11.3 Å². The Morgan fingerprint density at radius 2 is 1.56 bits per heavy atom. The quantitative estimate of drug-likeness (QED) is 0.618. The molecule has 0 fully saturated rings. The Bertz CT molecular complexity index is 1220. The highest BCUT2D eigenvalue weighted by Gasteiger charge is 2.27. The van der Waals surface area contributed by atoms with E-state index in [0.29, 0.717) is 34.3 Å². The van der Waals surface area contributed by atoms with Crippen molar-refractivity contribution in [1.82, 2.24) is 5.32 Å². The van der Waals surface area contributed by atoms with Crippen molar-refractivity contribution in [2.75, 3.05) is 14.2 Å². The summed E-state index contributed by atoms with van der Waals surface area (Å²) in [6.45, 7) is 1.89. The van der Waals surface area contributed by atoms with E-state index in [0.717, 1.165) is 11.3 Å². The predicted octanol–water partition coefficient (Wildman–Crippen LogP) is 5.19. The van der Waals surface area contributed by atoms with Gasteiger partial charge in [0.15, 0.2) is 11.5 Å². The summed E-state index contributed by atoms with van der Waals surface area (Å²) in [4.78, 5) is 22.5. The molecule has 0 saturated heterocycles. The number of ether oxygens (including phenoxy) is 2. The van der Waals surface area contributed by atoms with Crippen LogP contribution in [-0.4, -0.2) is 31.7 Å². The first-order valence-corrected chi connectivity index (χ1v) is 10.0. The topological polar surface area (TPSA) is 72.3 Å². The van der Waals surface area contributed by atoms with Crippen LogP contribution in [0.15, 0.2) is 76.7 Å². The van der Waals surface area contributed by atoms with Crippen molar-refractivity contribution in [2.45, 2.75) is 12.8 Å². The number of fused-ring (bicyclic) bond motifs is 1. The molecule has 4 rings (SSSR count). The fourth-order valence-electron chi connectivity index (χ4n) is 3.62. The zero-order chi connectivity index (χ0) is 22.7. The standard InChI is InChI=1S/C25H22FN3O3/c1-15-23(17-10-13-21(31-2)22(14-17)32-3)24(28-20-7-5-4-6-19(20)27-15)29-25(30)16-8-11-18(26)12-9-16/h4-14,23H,1-3H3,(H,28,29,30). The second kappa shape index (κ2) is 9.01. The molecule has 1 N–H and O–H groups in total. The SMILES string of the molecule is COc1ccc(C2C(C)=Nc3ccccc3N=C2NC(=O)c2ccc(F)cc2)cc1OC. The third-order valence-electron chi connectivity index (χ3n) is 5.20. The summed E-state index contributed by atoms with van der Waals surface area (Å²) in [6.07, 6.45) is 0. The Labute approximate surface area is 185 Å². The van der Waals surface area contributed by atoms with Crippen LogP contribution in [0.5, 0.6) is 11.5 Å². The number of halogens is 1. The molecule has 162 valence electrons. The molecule has 7 heteroatoms. The van der Waals surface area contributed by atoms with Crippen molar-refractivity contribution in [3.63, 3.8) is 0 Å². The van der Waals surface area contributed by atoms with Gasteiger partial charge in [-0.1, -0.05) is 18.2 Å². The van der Waals surface area contributed by atoms with Crippen LogP contribution in [0.4, 0.5) is 15.8 Å². The Hall–Kier alpha value is -4.00. The molecule has 1 heterocycles. The molecule has 1 aliphatic heterocycles. The maximum Gasteiger partial charge on any atom is 0.256 e. The molecular weight excluding hydrogens is 409 g/mol. The fourth-order valence-corrected chi connectivity index (χ4v) is 3.62. The van der Waals surface area contributed by atoms with E-state index in [9.17, 15) is 9.18 Å². The van der Waals surface area contributed by atoms with Crippen molar-refractivity contribution in [2.24, 2.45) is 9.98 Å². The molecule has 0 spiro atoms. The lowest BCUT2D eigenvalue weighted by Gasteiger charge is -2.20. The summed E-state index contributed by atoms with van der Waals surface area (Å²) >= 11 is 0. The van der Waals surface area contributed by atoms with Gasteiger partial charge in [-0.3, -0.25) is 9.79 Å². The summed E-state index contributed by atoms with van der Waals surface area (Å²) in [5.74, 6) is 0.333. The van der Waals surface area contributed by atoms with E-state index in [2.05, 4.69) is 5.32 Å². The minimum absolute atomic E-state index is 0.326. The van der Waals surface area contributed by atoms with Gasteiger partial charge in [0.2, 0.25) is 0 Å². The number of nitrogens with one attached hydrogen (secondary N) is 1. The monoisotopic (exact) mass is 431 g/mol. The van der Waals surface area contributed by atoms with Gasteiger partial charge in [-0.25, -0.2) is 9.38 Å². The van der Waals surface area contributed by atoms with Gasteiger partial charge < -0.3 is 14.8 Å². The van der Waals surface area contributed by atoms with E-state index in [1.54, 1.807) is 20.3 Å². The minimum Gasteiger partial charge on any atom is -0.493 e. The van der Waals surface area contributed by atoms with E-state index in [1.807, 2.05) is 43.3 Å². The molecule has 32 heavy (non-hydrogen) atoms. The Morgan fingerprint density at radius 3 is 2.22 bits per heavy atom. The summed E-state index contributed by atoms with van der Waals surface area (Å²) in [7, 11) is 3.14. The van der Waals surface area contributed by atoms with Crippen LogP contribution in [0.25, 0.3) is 0 Å². The third-order valence-corrected chi connectivity index (χ3v) is 5.20. The van der Waals surface area contributed by atoms with Gasteiger partial charge in [0.25, 0.3) is 5.91 Å². The highest BCUT2D eigenvalue weighted by molar-refractivity contribution is 6.19. The maximum atomic E-state index is 13.3. The van der Waals surface area contributed by atoms with Gasteiger partial charge in [0.1, 0.15) is 11.7 Å². The number of hydrogen-bond donors (Lipinski definition) is 1. The van der Waals surface area contributed by atoms with Crippen molar-refractivity contribution in [3.8, 4) is 11.5 Å². The summed E-state index contributed by atoms with van der Waals surface area (Å²) in [6, 6.07) is 18.4. The van der Waals surface area contributed by atoms with Crippen molar-refractivity contribution >= 4 is 28.8 Å². The van der Waals surface area contributed by atoms with Crippen molar-refractivity contribution in [3.05, 3.63) is 83.7 Å². The third kappa shape index (κ3) is 4.23. The van der Waals surface area contributed by atoms with Gasteiger partial charge in [-0.05, 0) is 61.0 Å². The smallest absolute Gasteiger partial charge is 0.256 e. The van der Waals surface area contributed by atoms with Crippen LogP contribution in [0, 0.1) is 5.82 Å². The van der Waals surface area contributed by atoms with Crippen molar-refractivity contribution < 1.29 is 18.7 Å². The van der Waals surface area contributed by atoms with Crippen molar-refractivity contribution in [1.29, 1.82) is 0 Å². The first-order chi connectivity index (χ1) is 15.5. The molecule has 0 radical (unpaired) electrons. The molecule has 0 saturated carbocycles. The first kappa shape index (κ1) is 21.2. The van der Waals surface area contributed by atoms with E-state index in [1.165, 1.54) is 24.3 Å². The number of amidine groups is 1. The summed E-state index contributed by atoms with van der Waals surface area (Å²) in [5.41, 5.74) is 3.26. The van der Waals surface area contributed by atoms with E-state index >= 15 is 0 Å². The van der Waals surface area contributed by atoms with Gasteiger partial charge in [-0.2, -0.15) is 0 Å². The molecule has 1 unspecified atom stereocenters.